The third-order valence-corrected chi connectivity index (χ3v) is 4.25. The van der Waals surface area contributed by atoms with Crippen molar-refractivity contribution in [3.63, 3.8) is 0 Å². The van der Waals surface area contributed by atoms with Gasteiger partial charge in [0.05, 0.1) is 0 Å². The molecule has 4 heteroatoms. The van der Waals surface area contributed by atoms with Crippen molar-refractivity contribution in [2.45, 2.75) is 38.3 Å². The first kappa shape index (κ1) is 13.5. The van der Waals surface area contributed by atoms with Gasteiger partial charge in [0.15, 0.2) is 0 Å². The number of aromatic nitrogens is 1. The number of nitriles is 1. The highest BCUT2D eigenvalue weighted by Crippen LogP contribution is 2.30. The zero-order chi connectivity index (χ0) is 13.8. The molecule has 1 saturated carbocycles. The minimum Gasteiger partial charge on any atom is -0.313 e. The molecule has 4 nitrogen and oxygen atoms in total. The minimum absolute atomic E-state index is 0.577. The standard InChI is InChI=1S/C16H22N4/c17-9-16-14(3-1-8-19-16)11-20(10-13-5-6-13)12-15-4-2-7-18-15/h1,3,8,13,15,18H,2,4-7,10-12H2. The largest absolute Gasteiger partial charge is 0.313 e. The molecule has 1 aromatic heterocycles. The number of hydrogen-bond donors (Lipinski definition) is 1. The molecule has 20 heavy (non-hydrogen) atoms. The molecule has 3 rings (SSSR count). The Hall–Kier alpha value is -1.44. The Labute approximate surface area is 120 Å². The van der Waals surface area contributed by atoms with Crippen molar-refractivity contribution < 1.29 is 0 Å². The maximum Gasteiger partial charge on any atom is 0.144 e. The average Bonchev–Trinajstić information content (AvgIpc) is 3.13. The molecule has 1 aromatic rings. The van der Waals surface area contributed by atoms with Crippen LogP contribution in [-0.4, -0.2) is 35.6 Å². The molecular formula is C16H22N4. The highest BCUT2D eigenvalue weighted by Gasteiger charge is 2.26. The summed E-state index contributed by atoms with van der Waals surface area (Å²) in [6.45, 7) is 4.26. The van der Waals surface area contributed by atoms with Crippen molar-refractivity contribution in [1.29, 1.82) is 5.26 Å². The van der Waals surface area contributed by atoms with E-state index in [2.05, 4.69) is 21.3 Å². The first-order valence-corrected chi connectivity index (χ1v) is 7.65. The Morgan fingerprint density at radius 1 is 1.35 bits per heavy atom. The van der Waals surface area contributed by atoms with Crippen LogP contribution in [0.5, 0.6) is 0 Å². The summed E-state index contributed by atoms with van der Waals surface area (Å²) in [7, 11) is 0. The Morgan fingerprint density at radius 2 is 2.25 bits per heavy atom. The second-order valence-corrected chi connectivity index (χ2v) is 6.05. The third-order valence-electron chi connectivity index (χ3n) is 4.25. The van der Waals surface area contributed by atoms with Crippen LogP contribution in [-0.2, 0) is 6.54 Å². The molecule has 1 aliphatic carbocycles. The predicted molar refractivity (Wildman–Crippen MR) is 78.0 cm³/mol. The van der Waals surface area contributed by atoms with E-state index in [9.17, 15) is 0 Å². The first-order valence-electron chi connectivity index (χ1n) is 7.65. The maximum atomic E-state index is 9.17. The van der Waals surface area contributed by atoms with E-state index < -0.39 is 0 Å². The summed E-state index contributed by atoms with van der Waals surface area (Å²) >= 11 is 0. The van der Waals surface area contributed by atoms with Crippen LogP contribution in [0.2, 0.25) is 0 Å². The van der Waals surface area contributed by atoms with Gasteiger partial charge in [-0.2, -0.15) is 5.26 Å². The van der Waals surface area contributed by atoms with E-state index in [0.717, 1.165) is 37.7 Å². The van der Waals surface area contributed by atoms with Gasteiger partial charge in [0.25, 0.3) is 0 Å². The summed E-state index contributed by atoms with van der Waals surface area (Å²) in [5.41, 5.74) is 1.64. The van der Waals surface area contributed by atoms with Gasteiger partial charge in [0.1, 0.15) is 11.8 Å². The smallest absolute Gasteiger partial charge is 0.144 e. The van der Waals surface area contributed by atoms with Gasteiger partial charge < -0.3 is 5.32 Å². The predicted octanol–water partition coefficient (Wildman–Crippen LogP) is 1.92. The topological polar surface area (TPSA) is 52.0 Å². The van der Waals surface area contributed by atoms with Gasteiger partial charge in [-0.25, -0.2) is 4.98 Å². The monoisotopic (exact) mass is 270 g/mol. The van der Waals surface area contributed by atoms with Crippen LogP contribution >= 0.6 is 0 Å². The SMILES string of the molecule is N#Cc1ncccc1CN(CC1CC1)CC1CCCN1. The lowest BCUT2D eigenvalue weighted by Crippen LogP contribution is -2.38. The minimum atomic E-state index is 0.577. The summed E-state index contributed by atoms with van der Waals surface area (Å²) < 4.78 is 0. The van der Waals surface area contributed by atoms with E-state index in [1.165, 1.54) is 25.7 Å². The fraction of sp³-hybridized carbons (Fsp3) is 0.625. The molecule has 0 amide bonds. The Bertz CT molecular complexity index is 483. The van der Waals surface area contributed by atoms with Gasteiger partial charge in [-0.1, -0.05) is 6.07 Å². The van der Waals surface area contributed by atoms with Crippen LogP contribution in [0.1, 0.15) is 36.9 Å². The molecule has 1 aliphatic heterocycles. The average molecular weight is 270 g/mol. The van der Waals surface area contributed by atoms with Gasteiger partial charge in [0.2, 0.25) is 0 Å². The summed E-state index contributed by atoms with van der Waals surface area (Å²) in [5, 5.41) is 12.7. The summed E-state index contributed by atoms with van der Waals surface area (Å²) in [6.07, 6.45) is 7.00. The van der Waals surface area contributed by atoms with E-state index in [0.29, 0.717) is 11.7 Å². The van der Waals surface area contributed by atoms with Crippen LogP contribution in [0, 0.1) is 17.2 Å². The second kappa shape index (κ2) is 6.34. The zero-order valence-electron chi connectivity index (χ0n) is 11.9. The molecule has 0 bridgehead atoms. The fourth-order valence-corrected chi connectivity index (χ4v) is 3.00. The van der Waals surface area contributed by atoms with Crippen LogP contribution in [0.15, 0.2) is 18.3 Å². The fourth-order valence-electron chi connectivity index (χ4n) is 3.00. The number of nitrogens with zero attached hydrogens (tertiary/aromatic N) is 3. The normalized spacial score (nSPS) is 22.1. The van der Waals surface area contributed by atoms with E-state index in [-0.39, 0.29) is 0 Å². The van der Waals surface area contributed by atoms with Crippen molar-refractivity contribution in [1.82, 2.24) is 15.2 Å². The van der Waals surface area contributed by atoms with Crippen LogP contribution in [0.25, 0.3) is 0 Å². The lowest BCUT2D eigenvalue weighted by atomic mass is 10.1. The number of rotatable bonds is 6. The van der Waals surface area contributed by atoms with E-state index in [4.69, 9.17) is 5.26 Å². The van der Waals surface area contributed by atoms with Crippen molar-refractivity contribution in [3.05, 3.63) is 29.6 Å². The van der Waals surface area contributed by atoms with Crippen LogP contribution in [0.3, 0.4) is 0 Å². The number of pyridine rings is 1. The van der Waals surface area contributed by atoms with E-state index in [1.807, 2.05) is 12.1 Å². The Morgan fingerprint density at radius 3 is 2.95 bits per heavy atom. The Kier molecular flexibility index (Phi) is 4.29. The van der Waals surface area contributed by atoms with E-state index >= 15 is 0 Å². The van der Waals surface area contributed by atoms with Crippen molar-refractivity contribution in [2.24, 2.45) is 5.92 Å². The molecule has 1 atom stereocenters. The molecule has 106 valence electrons. The lowest BCUT2D eigenvalue weighted by Gasteiger charge is -2.26. The van der Waals surface area contributed by atoms with Crippen LogP contribution in [0.4, 0.5) is 0 Å². The van der Waals surface area contributed by atoms with Crippen LogP contribution < -0.4 is 5.32 Å². The van der Waals surface area contributed by atoms with Gasteiger partial charge >= 0.3 is 0 Å². The maximum absolute atomic E-state index is 9.17. The molecule has 0 radical (unpaired) electrons. The van der Waals surface area contributed by atoms with Gasteiger partial charge in [-0.3, -0.25) is 4.90 Å². The highest BCUT2D eigenvalue weighted by atomic mass is 15.2. The molecule has 2 fully saturated rings. The third kappa shape index (κ3) is 3.56. The lowest BCUT2D eigenvalue weighted by molar-refractivity contribution is 0.231. The highest BCUT2D eigenvalue weighted by molar-refractivity contribution is 5.30. The Balaban J connectivity index is 1.66. The zero-order valence-corrected chi connectivity index (χ0v) is 11.9. The van der Waals surface area contributed by atoms with Gasteiger partial charge in [0, 0.05) is 37.4 Å². The second-order valence-electron chi connectivity index (χ2n) is 6.05. The number of hydrogen-bond acceptors (Lipinski definition) is 4. The molecule has 1 unspecified atom stereocenters. The van der Waals surface area contributed by atoms with Crippen molar-refractivity contribution in [3.8, 4) is 6.07 Å². The molecule has 2 aliphatic rings. The van der Waals surface area contributed by atoms with Crippen molar-refractivity contribution >= 4 is 0 Å². The molecule has 1 N–H and O–H groups in total. The number of nitrogens with one attached hydrogen (secondary N) is 1. The molecule has 0 spiro atoms. The van der Waals surface area contributed by atoms with Crippen molar-refractivity contribution in [2.75, 3.05) is 19.6 Å². The summed E-state index contributed by atoms with van der Waals surface area (Å²) in [5.74, 6) is 0.874. The quantitative estimate of drug-likeness (QED) is 0.858. The molecular weight excluding hydrogens is 248 g/mol. The first-order chi connectivity index (χ1) is 9.85. The molecule has 2 heterocycles. The summed E-state index contributed by atoms with van der Waals surface area (Å²) in [4.78, 5) is 6.69. The van der Waals surface area contributed by atoms with E-state index in [1.54, 1.807) is 6.20 Å². The van der Waals surface area contributed by atoms with Gasteiger partial charge in [-0.05, 0) is 44.2 Å². The summed E-state index contributed by atoms with van der Waals surface area (Å²) in [6, 6.07) is 6.80. The molecule has 1 saturated heterocycles. The molecule has 0 aromatic carbocycles. The van der Waals surface area contributed by atoms with Gasteiger partial charge in [-0.15, -0.1) is 0 Å².